The van der Waals surface area contributed by atoms with Crippen molar-refractivity contribution in [2.45, 2.75) is 32.7 Å². The summed E-state index contributed by atoms with van der Waals surface area (Å²) in [5.41, 5.74) is 0.631. The summed E-state index contributed by atoms with van der Waals surface area (Å²) in [4.78, 5) is 16.8. The first-order chi connectivity index (χ1) is 9.59. The lowest BCUT2D eigenvalue weighted by atomic mass is 9.97. The molecule has 20 heavy (non-hydrogen) atoms. The molecule has 2 rings (SSSR count). The monoisotopic (exact) mass is 278 g/mol. The molecule has 2 heterocycles. The molecular formula is C14H22N4O2. The van der Waals surface area contributed by atoms with Crippen molar-refractivity contribution in [3.05, 3.63) is 28.4 Å². The van der Waals surface area contributed by atoms with Crippen LogP contribution in [-0.4, -0.2) is 35.6 Å². The maximum Gasteiger partial charge on any atom is 0.387 e. The van der Waals surface area contributed by atoms with Gasteiger partial charge in [-0.3, -0.25) is 0 Å². The molecular weight excluding hydrogens is 256 g/mol. The van der Waals surface area contributed by atoms with Gasteiger partial charge in [0, 0.05) is 12.6 Å². The summed E-state index contributed by atoms with van der Waals surface area (Å²) < 4.78 is 0. The molecule has 6 heteroatoms. The van der Waals surface area contributed by atoms with Crippen LogP contribution in [0.3, 0.4) is 0 Å². The quantitative estimate of drug-likeness (QED) is 0.660. The zero-order valence-electron chi connectivity index (χ0n) is 12.1. The summed E-state index contributed by atoms with van der Waals surface area (Å²) in [6, 6.07) is 3.78. The summed E-state index contributed by atoms with van der Waals surface area (Å²) in [5.74, 6) is 0.536. The molecule has 0 atom stereocenters. The normalized spacial score (nSPS) is 16.4. The number of nitrogens with one attached hydrogen (secondary N) is 1. The first-order valence-electron chi connectivity index (χ1n) is 7.16. The SMILES string of the molecule is CC(C)N(CC1CCNCC1)c1cccnc1[N+](=O)[O-]. The second kappa shape index (κ2) is 6.65. The van der Waals surface area contributed by atoms with E-state index in [2.05, 4.69) is 29.0 Å². The summed E-state index contributed by atoms with van der Waals surface area (Å²) in [6.45, 7) is 7.05. The van der Waals surface area contributed by atoms with E-state index in [0.717, 1.165) is 32.5 Å². The molecule has 1 saturated heterocycles. The van der Waals surface area contributed by atoms with Crippen LogP contribution in [0.25, 0.3) is 0 Å². The lowest BCUT2D eigenvalue weighted by Crippen LogP contribution is -2.39. The number of pyridine rings is 1. The van der Waals surface area contributed by atoms with Crippen molar-refractivity contribution in [3.8, 4) is 0 Å². The van der Waals surface area contributed by atoms with Gasteiger partial charge in [0.05, 0.1) is 0 Å². The van der Waals surface area contributed by atoms with Gasteiger partial charge in [-0.15, -0.1) is 0 Å². The van der Waals surface area contributed by atoms with Crippen LogP contribution in [0.1, 0.15) is 26.7 Å². The van der Waals surface area contributed by atoms with Gasteiger partial charge in [0.25, 0.3) is 0 Å². The Morgan fingerprint density at radius 3 is 2.80 bits per heavy atom. The minimum absolute atomic E-state index is 0.0462. The number of hydrogen-bond acceptors (Lipinski definition) is 5. The molecule has 0 aliphatic carbocycles. The lowest BCUT2D eigenvalue weighted by Gasteiger charge is -2.33. The highest BCUT2D eigenvalue weighted by atomic mass is 16.6. The minimum atomic E-state index is -0.396. The Kier molecular flexibility index (Phi) is 4.89. The fourth-order valence-corrected chi connectivity index (χ4v) is 2.68. The van der Waals surface area contributed by atoms with Gasteiger partial charge < -0.3 is 20.3 Å². The fraction of sp³-hybridized carbons (Fsp3) is 0.643. The van der Waals surface area contributed by atoms with Crippen molar-refractivity contribution >= 4 is 11.5 Å². The molecule has 0 aromatic carbocycles. The van der Waals surface area contributed by atoms with E-state index >= 15 is 0 Å². The van der Waals surface area contributed by atoms with E-state index in [9.17, 15) is 10.1 Å². The summed E-state index contributed by atoms with van der Waals surface area (Å²) in [6.07, 6.45) is 3.72. The summed E-state index contributed by atoms with van der Waals surface area (Å²) >= 11 is 0. The number of nitrogens with zero attached hydrogens (tertiary/aromatic N) is 3. The predicted molar refractivity (Wildman–Crippen MR) is 79.0 cm³/mol. The maximum atomic E-state index is 11.1. The lowest BCUT2D eigenvalue weighted by molar-refractivity contribution is -0.388. The van der Waals surface area contributed by atoms with E-state index in [1.165, 1.54) is 6.20 Å². The number of anilines is 1. The highest BCUT2D eigenvalue weighted by Crippen LogP contribution is 2.28. The van der Waals surface area contributed by atoms with Gasteiger partial charge in [0.15, 0.2) is 0 Å². The molecule has 0 saturated carbocycles. The molecule has 1 aliphatic rings. The third kappa shape index (κ3) is 3.45. The average molecular weight is 278 g/mol. The van der Waals surface area contributed by atoms with E-state index in [1.54, 1.807) is 12.1 Å². The molecule has 1 aliphatic heterocycles. The van der Waals surface area contributed by atoms with Gasteiger partial charge in [-0.05, 0) is 67.7 Å². The number of hydrogen-bond donors (Lipinski definition) is 1. The second-order valence-electron chi connectivity index (χ2n) is 5.54. The Balaban J connectivity index is 2.21. The van der Waals surface area contributed by atoms with Gasteiger partial charge in [-0.1, -0.05) is 0 Å². The molecule has 1 aromatic rings. The standard InChI is InChI=1S/C14H22N4O2/c1-11(2)17(10-12-5-8-15-9-6-12)13-4-3-7-16-14(13)18(19)20/h3-4,7,11-12,15H,5-6,8-10H2,1-2H3. The molecule has 0 bridgehead atoms. The van der Waals surface area contributed by atoms with Crippen LogP contribution in [0.4, 0.5) is 11.5 Å². The highest BCUT2D eigenvalue weighted by Gasteiger charge is 2.25. The van der Waals surface area contributed by atoms with Gasteiger partial charge in [0.1, 0.15) is 11.9 Å². The zero-order valence-corrected chi connectivity index (χ0v) is 12.1. The molecule has 110 valence electrons. The predicted octanol–water partition coefficient (Wildman–Crippen LogP) is 2.20. The smallest absolute Gasteiger partial charge is 0.362 e. The molecule has 0 radical (unpaired) electrons. The Morgan fingerprint density at radius 2 is 2.20 bits per heavy atom. The van der Waals surface area contributed by atoms with Crippen molar-refractivity contribution in [1.82, 2.24) is 10.3 Å². The van der Waals surface area contributed by atoms with Gasteiger partial charge in [-0.25, -0.2) is 0 Å². The molecule has 0 amide bonds. The minimum Gasteiger partial charge on any atom is -0.362 e. The topological polar surface area (TPSA) is 71.3 Å². The Hall–Kier alpha value is -1.69. The van der Waals surface area contributed by atoms with Crippen LogP contribution < -0.4 is 10.2 Å². The Morgan fingerprint density at radius 1 is 1.50 bits per heavy atom. The van der Waals surface area contributed by atoms with Crippen molar-refractivity contribution < 1.29 is 4.92 Å². The van der Waals surface area contributed by atoms with Crippen molar-refractivity contribution in [1.29, 1.82) is 0 Å². The summed E-state index contributed by atoms with van der Waals surface area (Å²) in [7, 11) is 0. The molecule has 1 aromatic heterocycles. The fourth-order valence-electron chi connectivity index (χ4n) is 2.68. The van der Waals surface area contributed by atoms with Crippen LogP contribution in [0.15, 0.2) is 18.3 Å². The molecule has 1 fully saturated rings. The summed E-state index contributed by atoms with van der Waals surface area (Å²) in [5, 5.41) is 14.5. The first-order valence-corrected chi connectivity index (χ1v) is 7.16. The largest absolute Gasteiger partial charge is 0.387 e. The van der Waals surface area contributed by atoms with Crippen LogP contribution in [-0.2, 0) is 0 Å². The molecule has 6 nitrogen and oxygen atoms in total. The average Bonchev–Trinajstić information content (AvgIpc) is 2.45. The maximum absolute atomic E-state index is 11.1. The molecule has 1 N–H and O–H groups in total. The van der Waals surface area contributed by atoms with Crippen LogP contribution in [0.2, 0.25) is 0 Å². The van der Waals surface area contributed by atoms with Gasteiger partial charge in [0.2, 0.25) is 0 Å². The Labute approximate surface area is 119 Å². The van der Waals surface area contributed by atoms with Gasteiger partial charge >= 0.3 is 5.82 Å². The third-order valence-electron chi connectivity index (χ3n) is 3.79. The van der Waals surface area contributed by atoms with Gasteiger partial charge in [-0.2, -0.15) is 0 Å². The van der Waals surface area contributed by atoms with Crippen LogP contribution in [0.5, 0.6) is 0 Å². The highest BCUT2D eigenvalue weighted by molar-refractivity contribution is 5.59. The number of aromatic nitrogens is 1. The molecule has 0 unspecified atom stereocenters. The van der Waals surface area contributed by atoms with Crippen molar-refractivity contribution in [2.75, 3.05) is 24.5 Å². The number of piperidine rings is 1. The van der Waals surface area contributed by atoms with Crippen molar-refractivity contribution in [3.63, 3.8) is 0 Å². The number of rotatable bonds is 5. The van der Waals surface area contributed by atoms with Crippen molar-refractivity contribution in [2.24, 2.45) is 5.92 Å². The van der Waals surface area contributed by atoms with Crippen LogP contribution in [0, 0.1) is 16.0 Å². The molecule has 0 spiro atoms. The second-order valence-corrected chi connectivity index (χ2v) is 5.54. The van der Waals surface area contributed by atoms with E-state index in [-0.39, 0.29) is 11.9 Å². The third-order valence-corrected chi connectivity index (χ3v) is 3.79. The number of nitro groups is 1. The van der Waals surface area contributed by atoms with Crippen LogP contribution >= 0.6 is 0 Å². The van der Waals surface area contributed by atoms with E-state index in [1.807, 2.05) is 0 Å². The van der Waals surface area contributed by atoms with E-state index < -0.39 is 4.92 Å². The van der Waals surface area contributed by atoms with E-state index in [0.29, 0.717) is 11.6 Å². The zero-order chi connectivity index (χ0) is 14.5. The van der Waals surface area contributed by atoms with E-state index in [4.69, 9.17) is 0 Å². The Bertz CT molecular complexity index is 458. The first kappa shape index (κ1) is 14.7.